The minimum Gasteiger partial charge on any atom is -0.487 e. The van der Waals surface area contributed by atoms with E-state index in [0.29, 0.717) is 38.9 Å². The largest absolute Gasteiger partial charge is 0.487 e. The number of hydrogen-bond donors (Lipinski definition) is 1. The van der Waals surface area contributed by atoms with E-state index in [9.17, 15) is 13.6 Å². The van der Waals surface area contributed by atoms with Crippen molar-refractivity contribution in [2.75, 3.05) is 26.7 Å². The lowest BCUT2D eigenvalue weighted by atomic mass is 10.1. The van der Waals surface area contributed by atoms with Gasteiger partial charge < -0.3 is 15.0 Å². The summed E-state index contributed by atoms with van der Waals surface area (Å²) in [6.07, 6.45) is 1.65. The number of rotatable bonds is 5. The predicted octanol–water partition coefficient (Wildman–Crippen LogP) is 2.37. The Hall–Kier alpha value is -1.40. The molecule has 1 amide bonds. The van der Waals surface area contributed by atoms with E-state index in [1.54, 1.807) is 4.90 Å². The fourth-order valence-corrected chi connectivity index (χ4v) is 2.36. The van der Waals surface area contributed by atoms with E-state index in [1.807, 2.05) is 7.05 Å². The lowest BCUT2D eigenvalue weighted by molar-refractivity contribution is -0.132. The standard InChI is InChI=1S/C15H20F2N2O2.ClH/c1-18-7-4-15(20)19-8-5-12(6-9-19)21-14-3-2-11(16)10-13(14)17;/h2-3,10,12,18H,4-9H2,1H3;1H. The number of hydrogen-bond acceptors (Lipinski definition) is 3. The number of carbonyl (C=O) groups excluding carboxylic acids is 1. The van der Waals surface area contributed by atoms with E-state index in [1.165, 1.54) is 12.1 Å². The highest BCUT2D eigenvalue weighted by molar-refractivity contribution is 5.85. The van der Waals surface area contributed by atoms with E-state index in [-0.39, 0.29) is 30.2 Å². The summed E-state index contributed by atoms with van der Waals surface area (Å²) in [6, 6.07) is 3.29. The lowest BCUT2D eigenvalue weighted by Gasteiger charge is -2.32. The molecule has 1 aromatic carbocycles. The Morgan fingerprint density at radius 2 is 2.05 bits per heavy atom. The van der Waals surface area contributed by atoms with Gasteiger partial charge in [0.1, 0.15) is 11.9 Å². The van der Waals surface area contributed by atoms with Gasteiger partial charge in [0.05, 0.1) is 0 Å². The zero-order chi connectivity index (χ0) is 15.2. The highest BCUT2D eigenvalue weighted by Crippen LogP contribution is 2.23. The fraction of sp³-hybridized carbons (Fsp3) is 0.533. The Labute approximate surface area is 135 Å². The Kier molecular flexibility index (Phi) is 7.55. The molecule has 7 heteroatoms. The number of carbonyl (C=O) groups is 1. The Bertz CT molecular complexity index is 494. The maximum atomic E-state index is 13.5. The van der Waals surface area contributed by atoms with E-state index in [4.69, 9.17) is 4.74 Å². The molecule has 1 fully saturated rings. The van der Waals surface area contributed by atoms with Gasteiger partial charge in [-0.3, -0.25) is 4.79 Å². The van der Waals surface area contributed by atoms with Crippen molar-refractivity contribution in [3.63, 3.8) is 0 Å². The van der Waals surface area contributed by atoms with Gasteiger partial charge in [-0.1, -0.05) is 0 Å². The van der Waals surface area contributed by atoms with Gasteiger partial charge in [-0.15, -0.1) is 12.4 Å². The molecule has 0 aliphatic carbocycles. The van der Waals surface area contributed by atoms with Crippen molar-refractivity contribution in [1.29, 1.82) is 0 Å². The molecule has 0 bridgehead atoms. The van der Waals surface area contributed by atoms with Crippen molar-refractivity contribution in [3.05, 3.63) is 29.8 Å². The average molecular weight is 335 g/mol. The van der Waals surface area contributed by atoms with Crippen molar-refractivity contribution < 1.29 is 18.3 Å². The van der Waals surface area contributed by atoms with Crippen LogP contribution >= 0.6 is 12.4 Å². The fourth-order valence-electron chi connectivity index (χ4n) is 2.36. The molecule has 124 valence electrons. The smallest absolute Gasteiger partial charge is 0.223 e. The molecule has 2 rings (SSSR count). The van der Waals surface area contributed by atoms with Gasteiger partial charge in [-0.25, -0.2) is 8.78 Å². The third-order valence-corrected chi connectivity index (χ3v) is 3.57. The van der Waals surface area contributed by atoms with Crippen LogP contribution in [0.5, 0.6) is 5.75 Å². The van der Waals surface area contributed by atoms with Crippen LogP contribution in [0.2, 0.25) is 0 Å². The molecule has 1 saturated heterocycles. The van der Waals surface area contributed by atoms with E-state index in [0.717, 1.165) is 6.07 Å². The second-order valence-electron chi connectivity index (χ2n) is 5.13. The van der Waals surface area contributed by atoms with Crippen molar-refractivity contribution in [2.45, 2.75) is 25.4 Å². The summed E-state index contributed by atoms with van der Waals surface area (Å²) in [7, 11) is 1.81. The van der Waals surface area contributed by atoms with E-state index >= 15 is 0 Å². The maximum absolute atomic E-state index is 13.5. The van der Waals surface area contributed by atoms with Crippen LogP contribution in [0.4, 0.5) is 8.78 Å². The van der Waals surface area contributed by atoms with Crippen molar-refractivity contribution in [2.24, 2.45) is 0 Å². The Balaban J connectivity index is 0.00000242. The van der Waals surface area contributed by atoms with Crippen LogP contribution in [0.15, 0.2) is 18.2 Å². The third kappa shape index (κ3) is 5.10. The summed E-state index contributed by atoms with van der Waals surface area (Å²) in [6.45, 7) is 1.88. The highest BCUT2D eigenvalue weighted by Gasteiger charge is 2.24. The minimum absolute atomic E-state index is 0. The first-order valence-electron chi connectivity index (χ1n) is 7.14. The van der Waals surface area contributed by atoms with Gasteiger partial charge >= 0.3 is 0 Å². The molecule has 22 heavy (non-hydrogen) atoms. The van der Waals surface area contributed by atoms with Gasteiger partial charge in [0.15, 0.2) is 11.6 Å². The molecule has 1 heterocycles. The first kappa shape index (κ1) is 18.6. The zero-order valence-electron chi connectivity index (χ0n) is 12.5. The number of likely N-dealkylation sites (tertiary alicyclic amines) is 1. The summed E-state index contributed by atoms with van der Waals surface area (Å²) < 4.78 is 31.9. The summed E-state index contributed by atoms with van der Waals surface area (Å²) in [4.78, 5) is 13.7. The monoisotopic (exact) mass is 334 g/mol. The quantitative estimate of drug-likeness (QED) is 0.899. The summed E-state index contributed by atoms with van der Waals surface area (Å²) in [5.74, 6) is -1.13. The van der Waals surface area contributed by atoms with Gasteiger partial charge in [-0.05, 0) is 19.2 Å². The molecule has 0 radical (unpaired) electrons. The second-order valence-corrected chi connectivity index (χ2v) is 5.13. The van der Waals surface area contributed by atoms with E-state index < -0.39 is 11.6 Å². The minimum atomic E-state index is -0.692. The van der Waals surface area contributed by atoms with Crippen molar-refractivity contribution in [3.8, 4) is 5.75 Å². The van der Waals surface area contributed by atoms with E-state index in [2.05, 4.69) is 5.32 Å². The number of ether oxygens (including phenoxy) is 1. The van der Waals surface area contributed by atoms with Crippen LogP contribution < -0.4 is 10.1 Å². The number of benzene rings is 1. The van der Waals surface area contributed by atoms with Crippen LogP contribution in [0.3, 0.4) is 0 Å². The van der Waals surface area contributed by atoms with Crippen LogP contribution in [0.1, 0.15) is 19.3 Å². The Morgan fingerprint density at radius 3 is 2.64 bits per heavy atom. The summed E-state index contributed by atoms with van der Waals surface area (Å²) >= 11 is 0. The number of halogens is 3. The molecular weight excluding hydrogens is 314 g/mol. The predicted molar refractivity (Wildman–Crippen MR) is 82.4 cm³/mol. The van der Waals surface area contributed by atoms with Crippen molar-refractivity contribution >= 4 is 18.3 Å². The van der Waals surface area contributed by atoms with Gasteiger partial charge in [0, 0.05) is 45.0 Å². The summed E-state index contributed by atoms with van der Waals surface area (Å²) in [5.41, 5.74) is 0. The molecule has 4 nitrogen and oxygen atoms in total. The Morgan fingerprint density at radius 1 is 1.36 bits per heavy atom. The third-order valence-electron chi connectivity index (χ3n) is 3.57. The molecule has 0 saturated carbocycles. The lowest BCUT2D eigenvalue weighted by Crippen LogP contribution is -2.42. The first-order chi connectivity index (χ1) is 10.1. The zero-order valence-corrected chi connectivity index (χ0v) is 13.3. The molecule has 1 N–H and O–H groups in total. The van der Waals surface area contributed by atoms with Gasteiger partial charge in [-0.2, -0.15) is 0 Å². The first-order valence-corrected chi connectivity index (χ1v) is 7.14. The van der Waals surface area contributed by atoms with Crippen molar-refractivity contribution in [1.82, 2.24) is 10.2 Å². The topological polar surface area (TPSA) is 41.6 Å². The molecule has 1 aliphatic rings. The molecule has 0 atom stereocenters. The van der Waals surface area contributed by atoms with Crippen LogP contribution in [-0.4, -0.2) is 43.6 Å². The van der Waals surface area contributed by atoms with Gasteiger partial charge in [0.25, 0.3) is 0 Å². The normalized spacial score (nSPS) is 15.3. The number of piperidine rings is 1. The van der Waals surface area contributed by atoms with Crippen LogP contribution in [0.25, 0.3) is 0 Å². The summed E-state index contributed by atoms with van der Waals surface area (Å²) in [5, 5.41) is 2.95. The maximum Gasteiger partial charge on any atom is 0.223 e. The number of nitrogens with one attached hydrogen (secondary N) is 1. The average Bonchev–Trinajstić information content (AvgIpc) is 2.48. The van der Waals surface area contributed by atoms with Gasteiger partial charge in [0.2, 0.25) is 5.91 Å². The SMILES string of the molecule is CNCCC(=O)N1CCC(Oc2ccc(F)cc2F)CC1.Cl. The number of nitrogens with zero attached hydrogens (tertiary/aromatic N) is 1. The highest BCUT2D eigenvalue weighted by atomic mass is 35.5. The molecule has 1 aliphatic heterocycles. The van der Waals surface area contributed by atoms with Crippen LogP contribution in [-0.2, 0) is 4.79 Å². The molecule has 0 unspecified atom stereocenters. The van der Waals surface area contributed by atoms with Crippen LogP contribution in [0, 0.1) is 11.6 Å². The second kappa shape index (κ2) is 8.90. The molecule has 0 aromatic heterocycles. The molecule has 1 aromatic rings. The number of amides is 1. The molecular formula is C15H21ClF2N2O2. The molecule has 0 spiro atoms.